The van der Waals surface area contributed by atoms with Crippen LogP contribution in [0.4, 0.5) is 8.78 Å². The first kappa shape index (κ1) is 16.4. The van der Waals surface area contributed by atoms with Gasteiger partial charge in [0.15, 0.2) is 0 Å². The van der Waals surface area contributed by atoms with Crippen LogP contribution in [0.15, 0.2) is 18.2 Å². The molecule has 2 aliphatic heterocycles. The van der Waals surface area contributed by atoms with Crippen LogP contribution in [0.2, 0.25) is 0 Å². The fraction of sp³-hybridized carbons (Fsp3) is 0.611. The first-order valence-electron chi connectivity index (χ1n) is 8.45. The van der Waals surface area contributed by atoms with Gasteiger partial charge in [-0.1, -0.05) is 6.07 Å². The number of carbonyl (C=O) groups excluding carboxylic acids is 1. The molecule has 3 rings (SSSR count). The summed E-state index contributed by atoms with van der Waals surface area (Å²) in [7, 11) is 0. The Bertz CT molecular complexity index is 582. The third kappa shape index (κ3) is 3.55. The number of carbonyl (C=O) groups is 1. The van der Waals surface area contributed by atoms with Gasteiger partial charge in [0, 0.05) is 37.7 Å². The van der Waals surface area contributed by atoms with Crippen molar-refractivity contribution in [2.24, 2.45) is 5.41 Å². The molecule has 1 aromatic carbocycles. The molecule has 23 heavy (non-hydrogen) atoms. The highest BCUT2D eigenvalue weighted by molar-refractivity contribution is 5.77. The highest BCUT2D eigenvalue weighted by Crippen LogP contribution is 2.40. The Hall–Kier alpha value is -1.49. The molecule has 2 aliphatic rings. The Kier molecular flexibility index (Phi) is 4.67. The number of hydrogen-bond acceptors (Lipinski definition) is 2. The zero-order valence-corrected chi connectivity index (χ0v) is 13.7. The van der Waals surface area contributed by atoms with Gasteiger partial charge in [-0.3, -0.25) is 9.69 Å². The summed E-state index contributed by atoms with van der Waals surface area (Å²) in [5, 5.41) is 0. The summed E-state index contributed by atoms with van der Waals surface area (Å²) < 4.78 is 26.8. The highest BCUT2D eigenvalue weighted by atomic mass is 19.1. The maximum atomic E-state index is 13.8. The lowest BCUT2D eigenvalue weighted by Crippen LogP contribution is -2.51. The van der Waals surface area contributed by atoms with Crippen molar-refractivity contribution in [3.05, 3.63) is 35.4 Å². The number of halogens is 2. The molecule has 0 N–H and O–H groups in total. The van der Waals surface area contributed by atoms with E-state index in [1.54, 1.807) is 0 Å². The van der Waals surface area contributed by atoms with Crippen LogP contribution in [0.5, 0.6) is 0 Å². The SMILES string of the molecule is CCN1CC2(CCC1=O)CCN(Cc1ccc(F)cc1F)CC2. The topological polar surface area (TPSA) is 23.6 Å². The molecule has 0 bridgehead atoms. The minimum Gasteiger partial charge on any atom is -0.342 e. The lowest BCUT2D eigenvalue weighted by Gasteiger charge is -2.47. The van der Waals surface area contributed by atoms with Crippen LogP contribution in [-0.4, -0.2) is 41.9 Å². The number of hydrogen-bond donors (Lipinski definition) is 0. The van der Waals surface area contributed by atoms with E-state index < -0.39 is 11.6 Å². The molecule has 5 heteroatoms. The smallest absolute Gasteiger partial charge is 0.222 e. The van der Waals surface area contributed by atoms with E-state index in [9.17, 15) is 13.6 Å². The second-order valence-corrected chi connectivity index (χ2v) is 6.92. The van der Waals surface area contributed by atoms with Gasteiger partial charge in [0.25, 0.3) is 0 Å². The van der Waals surface area contributed by atoms with Crippen molar-refractivity contribution < 1.29 is 13.6 Å². The van der Waals surface area contributed by atoms with E-state index in [4.69, 9.17) is 0 Å². The zero-order chi connectivity index (χ0) is 16.4. The second-order valence-electron chi connectivity index (χ2n) is 6.92. The van der Waals surface area contributed by atoms with E-state index in [-0.39, 0.29) is 11.3 Å². The summed E-state index contributed by atoms with van der Waals surface area (Å²) in [5.41, 5.74) is 0.790. The van der Waals surface area contributed by atoms with Crippen LogP contribution >= 0.6 is 0 Å². The molecule has 1 spiro atoms. The average Bonchev–Trinajstić information content (AvgIpc) is 2.55. The fourth-order valence-corrected chi connectivity index (χ4v) is 3.87. The van der Waals surface area contributed by atoms with E-state index in [2.05, 4.69) is 4.90 Å². The van der Waals surface area contributed by atoms with E-state index in [1.807, 2.05) is 11.8 Å². The van der Waals surface area contributed by atoms with Gasteiger partial charge in [0.2, 0.25) is 5.91 Å². The van der Waals surface area contributed by atoms with Gasteiger partial charge in [0.05, 0.1) is 0 Å². The molecule has 126 valence electrons. The lowest BCUT2D eigenvalue weighted by atomic mass is 9.72. The van der Waals surface area contributed by atoms with Crippen LogP contribution in [0.1, 0.15) is 38.2 Å². The molecule has 0 atom stereocenters. The van der Waals surface area contributed by atoms with Crippen LogP contribution in [0.25, 0.3) is 0 Å². The van der Waals surface area contributed by atoms with Crippen molar-refractivity contribution in [2.75, 3.05) is 26.2 Å². The molecule has 3 nitrogen and oxygen atoms in total. The largest absolute Gasteiger partial charge is 0.342 e. The van der Waals surface area contributed by atoms with Crippen LogP contribution in [0.3, 0.4) is 0 Å². The van der Waals surface area contributed by atoms with E-state index in [0.717, 1.165) is 51.5 Å². The Morgan fingerprint density at radius 3 is 2.57 bits per heavy atom. The van der Waals surface area contributed by atoms with Crippen molar-refractivity contribution in [3.8, 4) is 0 Å². The summed E-state index contributed by atoms with van der Waals surface area (Å²) in [6.45, 7) is 6.01. The molecule has 0 unspecified atom stereocenters. The molecular formula is C18H24F2N2O. The van der Waals surface area contributed by atoms with Crippen LogP contribution in [0, 0.1) is 17.0 Å². The maximum Gasteiger partial charge on any atom is 0.222 e. The molecule has 1 amide bonds. The minimum atomic E-state index is -0.532. The molecule has 2 saturated heterocycles. The van der Waals surface area contributed by atoms with Crippen molar-refractivity contribution in [1.82, 2.24) is 9.80 Å². The molecule has 0 aromatic heterocycles. The maximum absolute atomic E-state index is 13.8. The van der Waals surface area contributed by atoms with Gasteiger partial charge < -0.3 is 4.90 Å². The molecule has 0 radical (unpaired) electrons. The average molecular weight is 322 g/mol. The normalized spacial score (nSPS) is 21.9. The molecule has 2 fully saturated rings. The first-order chi connectivity index (χ1) is 11.0. The van der Waals surface area contributed by atoms with Gasteiger partial charge in [-0.05, 0) is 50.8 Å². The van der Waals surface area contributed by atoms with Crippen molar-refractivity contribution in [3.63, 3.8) is 0 Å². The van der Waals surface area contributed by atoms with E-state index in [1.165, 1.54) is 12.1 Å². The zero-order valence-electron chi connectivity index (χ0n) is 13.7. The molecule has 2 heterocycles. The molecule has 1 aromatic rings. The number of piperidine rings is 2. The van der Waals surface area contributed by atoms with Gasteiger partial charge >= 0.3 is 0 Å². The Morgan fingerprint density at radius 1 is 1.17 bits per heavy atom. The van der Waals surface area contributed by atoms with Gasteiger partial charge in [-0.2, -0.15) is 0 Å². The van der Waals surface area contributed by atoms with Gasteiger partial charge in [-0.15, -0.1) is 0 Å². The number of rotatable bonds is 3. The minimum absolute atomic E-state index is 0.238. The molecule has 0 aliphatic carbocycles. The number of benzene rings is 1. The first-order valence-corrected chi connectivity index (χ1v) is 8.45. The number of amides is 1. The van der Waals surface area contributed by atoms with Gasteiger partial charge in [-0.25, -0.2) is 8.78 Å². The summed E-state index contributed by atoms with van der Waals surface area (Å²) in [5.74, 6) is -0.727. The standard InChI is InChI=1S/C18H24F2N2O/c1-2-22-13-18(6-5-17(22)23)7-9-21(10-8-18)12-14-3-4-15(19)11-16(14)20/h3-4,11H,2,5-10,12-13H2,1H3. The fourth-order valence-electron chi connectivity index (χ4n) is 3.87. The summed E-state index contributed by atoms with van der Waals surface area (Å²) in [6.07, 6.45) is 3.71. The molecule has 0 saturated carbocycles. The highest BCUT2D eigenvalue weighted by Gasteiger charge is 2.40. The predicted octanol–water partition coefficient (Wildman–Crippen LogP) is 3.19. The number of nitrogens with zero attached hydrogens (tertiary/aromatic N) is 2. The lowest BCUT2D eigenvalue weighted by molar-refractivity contribution is -0.138. The van der Waals surface area contributed by atoms with E-state index >= 15 is 0 Å². The third-order valence-electron chi connectivity index (χ3n) is 5.46. The summed E-state index contributed by atoms with van der Waals surface area (Å²) >= 11 is 0. The van der Waals surface area contributed by atoms with Crippen molar-refractivity contribution >= 4 is 5.91 Å². The van der Waals surface area contributed by atoms with Crippen molar-refractivity contribution in [1.29, 1.82) is 0 Å². The Balaban J connectivity index is 1.59. The predicted molar refractivity (Wildman–Crippen MR) is 84.8 cm³/mol. The molecular weight excluding hydrogens is 298 g/mol. The Morgan fingerprint density at radius 2 is 1.91 bits per heavy atom. The quantitative estimate of drug-likeness (QED) is 0.853. The monoisotopic (exact) mass is 322 g/mol. The second kappa shape index (κ2) is 6.56. The van der Waals surface area contributed by atoms with Crippen molar-refractivity contribution in [2.45, 2.75) is 39.2 Å². The Labute approximate surface area is 136 Å². The van der Waals surface area contributed by atoms with Crippen LogP contribution < -0.4 is 0 Å². The number of likely N-dealkylation sites (tertiary alicyclic amines) is 2. The summed E-state index contributed by atoms with van der Waals surface area (Å²) in [4.78, 5) is 16.1. The third-order valence-corrected chi connectivity index (χ3v) is 5.46. The van der Waals surface area contributed by atoms with Gasteiger partial charge in [0.1, 0.15) is 11.6 Å². The van der Waals surface area contributed by atoms with Crippen LogP contribution in [-0.2, 0) is 11.3 Å². The summed E-state index contributed by atoms with van der Waals surface area (Å²) in [6, 6.07) is 3.80. The van der Waals surface area contributed by atoms with E-state index in [0.29, 0.717) is 18.5 Å².